The van der Waals surface area contributed by atoms with Crippen molar-refractivity contribution in [1.29, 1.82) is 0 Å². The van der Waals surface area contributed by atoms with Crippen LogP contribution in [0.15, 0.2) is 12.1 Å². The Bertz CT molecular complexity index is 431. The van der Waals surface area contributed by atoms with Crippen molar-refractivity contribution < 1.29 is 0 Å². The zero-order chi connectivity index (χ0) is 14.5. The predicted molar refractivity (Wildman–Crippen MR) is 89.8 cm³/mol. The van der Waals surface area contributed by atoms with Gasteiger partial charge in [-0.1, -0.05) is 32.4 Å². The molecule has 20 heavy (non-hydrogen) atoms. The number of halogens is 1. The molecule has 1 fully saturated rings. The monoisotopic (exact) mass is 313 g/mol. The summed E-state index contributed by atoms with van der Waals surface area (Å²) in [5, 5.41) is 5.45. The summed E-state index contributed by atoms with van der Waals surface area (Å²) in [7, 11) is 0. The summed E-state index contributed by atoms with van der Waals surface area (Å²) in [6.07, 6.45) is 1.10. The lowest BCUT2D eigenvalue weighted by molar-refractivity contribution is 0.260. The van der Waals surface area contributed by atoms with Crippen molar-refractivity contribution in [1.82, 2.24) is 9.88 Å². The summed E-state index contributed by atoms with van der Waals surface area (Å²) in [4.78, 5) is 7.12. The van der Waals surface area contributed by atoms with E-state index in [0.717, 1.165) is 49.1 Å². The molecule has 112 valence electrons. The van der Waals surface area contributed by atoms with Crippen LogP contribution in [0, 0.1) is 0 Å². The van der Waals surface area contributed by atoms with Gasteiger partial charge in [0.05, 0.1) is 10.7 Å². The van der Waals surface area contributed by atoms with Crippen LogP contribution >= 0.6 is 23.4 Å². The third-order valence-corrected chi connectivity index (χ3v) is 4.91. The highest BCUT2D eigenvalue weighted by atomic mass is 35.5. The van der Waals surface area contributed by atoms with Gasteiger partial charge in [-0.25, -0.2) is 4.98 Å². The normalized spacial score (nSPS) is 23.8. The summed E-state index contributed by atoms with van der Waals surface area (Å²) < 4.78 is 0. The van der Waals surface area contributed by atoms with Gasteiger partial charge in [0.2, 0.25) is 0 Å². The molecule has 1 aromatic heterocycles. The van der Waals surface area contributed by atoms with Crippen LogP contribution in [0.25, 0.3) is 0 Å². The van der Waals surface area contributed by atoms with Gasteiger partial charge in [-0.2, -0.15) is 11.8 Å². The fourth-order valence-corrected chi connectivity index (χ4v) is 4.12. The molecule has 1 N–H and O–H groups in total. The highest BCUT2D eigenvalue weighted by Crippen LogP contribution is 2.27. The first kappa shape index (κ1) is 15.9. The first-order chi connectivity index (χ1) is 9.58. The van der Waals surface area contributed by atoms with Gasteiger partial charge in [0.15, 0.2) is 0 Å². The van der Waals surface area contributed by atoms with Crippen LogP contribution in [0.3, 0.4) is 0 Å². The Labute approximate surface area is 131 Å². The Kier molecular flexibility index (Phi) is 6.00. The molecule has 1 aromatic rings. The van der Waals surface area contributed by atoms with E-state index >= 15 is 0 Å². The SMILES string of the molecule is CCCNc1ccc(Cl)c(CN2CC(C)SC(C)C2)n1. The first-order valence-corrected chi connectivity index (χ1v) is 8.67. The molecular weight excluding hydrogens is 290 g/mol. The third-order valence-electron chi connectivity index (χ3n) is 3.34. The molecule has 0 amide bonds. The number of aromatic nitrogens is 1. The lowest BCUT2D eigenvalue weighted by Crippen LogP contribution is -2.40. The van der Waals surface area contributed by atoms with Crippen LogP contribution in [0.2, 0.25) is 5.02 Å². The van der Waals surface area contributed by atoms with E-state index in [1.807, 2.05) is 12.1 Å². The van der Waals surface area contributed by atoms with Gasteiger partial charge >= 0.3 is 0 Å². The molecule has 5 heteroatoms. The standard InChI is InChI=1S/C15H24ClN3S/c1-4-7-17-15-6-5-13(16)14(18-15)10-19-8-11(2)20-12(3)9-19/h5-6,11-12H,4,7-10H2,1-3H3,(H,17,18). The molecular formula is C15H24ClN3S. The van der Waals surface area contributed by atoms with Gasteiger partial charge in [-0.05, 0) is 18.6 Å². The fourth-order valence-electron chi connectivity index (χ4n) is 2.57. The maximum absolute atomic E-state index is 6.30. The molecule has 2 rings (SSSR count). The smallest absolute Gasteiger partial charge is 0.126 e. The zero-order valence-electron chi connectivity index (χ0n) is 12.5. The fraction of sp³-hybridized carbons (Fsp3) is 0.667. The van der Waals surface area contributed by atoms with E-state index in [1.54, 1.807) is 0 Å². The molecule has 0 bridgehead atoms. The van der Waals surface area contributed by atoms with Crippen molar-refractivity contribution in [3.8, 4) is 0 Å². The van der Waals surface area contributed by atoms with Gasteiger partial charge in [0.25, 0.3) is 0 Å². The largest absolute Gasteiger partial charge is 0.370 e. The highest BCUT2D eigenvalue weighted by molar-refractivity contribution is 8.00. The summed E-state index contributed by atoms with van der Waals surface area (Å²) >= 11 is 8.37. The number of thioether (sulfide) groups is 1. The van der Waals surface area contributed by atoms with Crippen LogP contribution in [0.4, 0.5) is 5.82 Å². The van der Waals surface area contributed by atoms with Crippen LogP contribution in [0.1, 0.15) is 32.9 Å². The van der Waals surface area contributed by atoms with Crippen molar-refractivity contribution in [2.45, 2.75) is 44.2 Å². The Hall–Kier alpha value is -0.450. The lowest BCUT2D eigenvalue weighted by Gasteiger charge is -2.34. The van der Waals surface area contributed by atoms with Gasteiger partial charge in [-0.15, -0.1) is 0 Å². The first-order valence-electron chi connectivity index (χ1n) is 7.35. The summed E-state index contributed by atoms with van der Waals surface area (Å²) in [5.74, 6) is 0.929. The molecule has 1 aliphatic rings. The van der Waals surface area contributed by atoms with E-state index < -0.39 is 0 Å². The molecule has 2 unspecified atom stereocenters. The van der Waals surface area contributed by atoms with Crippen molar-refractivity contribution in [2.75, 3.05) is 25.0 Å². The van der Waals surface area contributed by atoms with Crippen molar-refractivity contribution in [2.24, 2.45) is 0 Å². The predicted octanol–water partition coefficient (Wildman–Crippen LogP) is 3.88. The van der Waals surface area contributed by atoms with E-state index in [2.05, 4.69) is 47.7 Å². The quantitative estimate of drug-likeness (QED) is 0.893. The Morgan fingerprint density at radius 2 is 2.05 bits per heavy atom. The van der Waals surface area contributed by atoms with Crippen LogP contribution in [-0.4, -0.2) is 40.0 Å². The molecule has 1 aliphatic heterocycles. The molecule has 0 aromatic carbocycles. The van der Waals surface area contributed by atoms with E-state index in [1.165, 1.54) is 0 Å². The van der Waals surface area contributed by atoms with Gasteiger partial charge < -0.3 is 5.32 Å². The molecule has 1 saturated heterocycles. The Morgan fingerprint density at radius 1 is 1.35 bits per heavy atom. The van der Waals surface area contributed by atoms with Crippen molar-refractivity contribution in [3.05, 3.63) is 22.8 Å². The van der Waals surface area contributed by atoms with Crippen LogP contribution in [0.5, 0.6) is 0 Å². The van der Waals surface area contributed by atoms with E-state index in [-0.39, 0.29) is 0 Å². The second-order valence-corrected chi connectivity index (χ2v) is 7.79. The molecule has 3 nitrogen and oxygen atoms in total. The maximum Gasteiger partial charge on any atom is 0.126 e. The second kappa shape index (κ2) is 7.53. The average molecular weight is 314 g/mol. The summed E-state index contributed by atoms with van der Waals surface area (Å²) in [5.41, 5.74) is 0.985. The van der Waals surface area contributed by atoms with Crippen LogP contribution < -0.4 is 5.32 Å². The number of rotatable bonds is 5. The van der Waals surface area contributed by atoms with Gasteiger partial charge in [0, 0.05) is 36.7 Å². The lowest BCUT2D eigenvalue weighted by atomic mass is 10.2. The minimum Gasteiger partial charge on any atom is -0.370 e. The van der Waals surface area contributed by atoms with Crippen molar-refractivity contribution >= 4 is 29.2 Å². The third kappa shape index (κ3) is 4.54. The second-order valence-electron chi connectivity index (χ2n) is 5.50. The molecule has 0 spiro atoms. The topological polar surface area (TPSA) is 28.2 Å². The molecule has 2 atom stereocenters. The number of nitrogens with one attached hydrogen (secondary N) is 1. The number of pyridine rings is 1. The Balaban J connectivity index is 2.03. The van der Waals surface area contributed by atoms with E-state index in [9.17, 15) is 0 Å². The minimum absolute atomic E-state index is 0.680. The summed E-state index contributed by atoms with van der Waals surface area (Å²) in [6, 6.07) is 3.91. The number of hydrogen-bond donors (Lipinski definition) is 1. The maximum atomic E-state index is 6.30. The average Bonchev–Trinajstić information content (AvgIpc) is 2.38. The summed E-state index contributed by atoms with van der Waals surface area (Å²) in [6.45, 7) is 10.7. The van der Waals surface area contributed by atoms with E-state index in [4.69, 9.17) is 11.6 Å². The molecule has 2 heterocycles. The van der Waals surface area contributed by atoms with Gasteiger partial charge in [-0.3, -0.25) is 4.90 Å². The highest BCUT2D eigenvalue weighted by Gasteiger charge is 2.23. The minimum atomic E-state index is 0.680. The molecule has 0 aliphatic carbocycles. The molecule has 0 radical (unpaired) electrons. The number of anilines is 1. The van der Waals surface area contributed by atoms with E-state index in [0.29, 0.717) is 10.5 Å². The number of nitrogens with zero attached hydrogens (tertiary/aromatic N) is 2. The number of hydrogen-bond acceptors (Lipinski definition) is 4. The zero-order valence-corrected chi connectivity index (χ0v) is 14.1. The molecule has 0 saturated carbocycles. The van der Waals surface area contributed by atoms with Crippen molar-refractivity contribution in [3.63, 3.8) is 0 Å². The van der Waals surface area contributed by atoms with Crippen LogP contribution in [-0.2, 0) is 6.54 Å². The van der Waals surface area contributed by atoms with Gasteiger partial charge in [0.1, 0.15) is 5.82 Å². The Morgan fingerprint density at radius 3 is 2.70 bits per heavy atom.